The van der Waals surface area contributed by atoms with Crippen molar-refractivity contribution in [3.63, 3.8) is 0 Å². The number of benzene rings is 5. The first-order chi connectivity index (χ1) is 29.0. The average Bonchev–Trinajstić information content (AvgIpc) is 3.21. The van der Waals surface area contributed by atoms with Crippen LogP contribution in [0.3, 0.4) is 0 Å². The maximum Gasteiger partial charge on any atom is 0.335 e. The second-order valence-corrected chi connectivity index (χ2v) is 15.2. The van der Waals surface area contributed by atoms with Crippen molar-refractivity contribution in [3.8, 4) is 0 Å². The van der Waals surface area contributed by atoms with Crippen LogP contribution in [0.5, 0.6) is 0 Å². The lowest BCUT2D eigenvalue weighted by Crippen LogP contribution is -2.29. The fourth-order valence-electron chi connectivity index (χ4n) is 5.49. The van der Waals surface area contributed by atoms with Crippen molar-refractivity contribution in [3.05, 3.63) is 108 Å². The molecule has 24 heteroatoms. The van der Waals surface area contributed by atoms with Crippen molar-refractivity contribution in [2.45, 2.75) is 16.7 Å². The Labute approximate surface area is 345 Å². The molecule has 5 aromatic carbocycles. The molecule has 0 amide bonds. The third kappa shape index (κ3) is 11.0. The lowest BCUT2D eigenvalue weighted by molar-refractivity contribution is 0.0696. The summed E-state index contributed by atoms with van der Waals surface area (Å²) in [5, 5.41) is 51.5. The molecule has 1 heterocycles. The van der Waals surface area contributed by atoms with Crippen LogP contribution in [0, 0.1) is 0 Å². The number of carboxylic acids is 2. The zero-order chi connectivity index (χ0) is 43.9. The molecule has 0 aliphatic carbocycles. The van der Waals surface area contributed by atoms with Gasteiger partial charge in [-0.2, -0.15) is 52.2 Å². The summed E-state index contributed by atoms with van der Waals surface area (Å²) in [6, 6.07) is 21.8. The highest BCUT2D eigenvalue weighted by Gasteiger charge is 2.22. The molecule has 0 atom stereocenters. The molecule has 61 heavy (non-hydrogen) atoms. The van der Waals surface area contributed by atoms with Crippen LogP contribution in [0.25, 0.3) is 10.8 Å². The number of rotatable bonds is 17. The predicted molar refractivity (Wildman–Crippen MR) is 218 cm³/mol. The highest BCUT2D eigenvalue weighted by Crippen LogP contribution is 2.34. The number of anilines is 5. The normalized spacial score (nSPS) is 11.9. The molecule has 0 spiro atoms. The van der Waals surface area contributed by atoms with Crippen LogP contribution in [0.15, 0.2) is 127 Å². The quantitative estimate of drug-likeness (QED) is 0.0276. The van der Waals surface area contributed by atoms with Crippen LogP contribution in [0.4, 0.5) is 52.0 Å². The highest BCUT2D eigenvalue weighted by molar-refractivity contribution is 7.86. The Morgan fingerprint density at radius 1 is 0.639 bits per heavy atom. The molecule has 1 aromatic heterocycles. The molecule has 0 radical (unpaired) electrons. The fraction of sp³-hybridized carbons (Fsp3) is 0.108. The molecule has 0 saturated heterocycles. The number of aliphatic hydroxyl groups excluding tert-OH is 1. The fourth-order valence-corrected chi connectivity index (χ4v) is 6.91. The number of aliphatic hydroxyl groups is 1. The van der Waals surface area contributed by atoms with E-state index < -0.39 is 42.0 Å². The van der Waals surface area contributed by atoms with E-state index >= 15 is 0 Å². The second-order valence-electron chi connectivity index (χ2n) is 12.4. The number of azo groups is 2. The number of hydrogen-bond acceptors (Lipinski definition) is 18. The van der Waals surface area contributed by atoms with E-state index in [1.165, 1.54) is 47.5 Å². The minimum atomic E-state index is -4.85. The highest BCUT2D eigenvalue weighted by atomic mass is 32.2. The van der Waals surface area contributed by atoms with Gasteiger partial charge in [-0.05, 0) is 91.9 Å². The van der Waals surface area contributed by atoms with Gasteiger partial charge in [0.05, 0.1) is 53.6 Å². The van der Waals surface area contributed by atoms with Gasteiger partial charge in [-0.1, -0.05) is 12.1 Å². The number of aromatic carboxylic acids is 2. The van der Waals surface area contributed by atoms with E-state index in [2.05, 4.69) is 46.0 Å². The summed E-state index contributed by atoms with van der Waals surface area (Å²) in [5.41, 5.74) is 0.930. The number of hydrogen-bond donors (Lipinski definition) is 7. The van der Waals surface area contributed by atoms with Gasteiger partial charge in [0.2, 0.25) is 11.9 Å². The van der Waals surface area contributed by atoms with Gasteiger partial charge in [-0.3, -0.25) is 13.9 Å². The number of hydroxylamine groups is 1. The molecule has 0 bridgehead atoms. The van der Waals surface area contributed by atoms with Crippen molar-refractivity contribution < 1.29 is 55.7 Å². The molecule has 0 aliphatic heterocycles. The summed E-state index contributed by atoms with van der Waals surface area (Å²) >= 11 is 0. The Balaban J connectivity index is 1.23. The van der Waals surface area contributed by atoms with E-state index in [-0.39, 0.29) is 76.6 Å². The monoisotopic (exact) mass is 872 g/mol. The first kappa shape index (κ1) is 43.2. The summed E-state index contributed by atoms with van der Waals surface area (Å²) < 4.78 is 67.9. The molecule has 314 valence electrons. The standard InChI is InChI=1S/C37H32N10O12S2/c1-2-59-47(14-15-48)37-41-35(38-23-6-10-25(11-7-23)43-45-27-17-21(33(49)50)16-22(18-27)34(51)52)40-36(42-37)39-24-8-12-26(13-9-24)44-46-28-19-30-29(32(20-28)61(56,57)58)4-3-5-31(30)60(53,54)55/h3-13,16-20,48H,2,14-15H2,1H3,(H,49,50)(H,51,52)(H,53,54,55)(H,56,57,58)(H2,38,39,40,41,42). The van der Waals surface area contributed by atoms with Crippen LogP contribution >= 0.6 is 0 Å². The molecular formula is C37H32N10O12S2. The number of carbonyl (C=O) groups is 2. The third-order valence-electron chi connectivity index (χ3n) is 8.11. The summed E-state index contributed by atoms with van der Waals surface area (Å²) in [5.74, 6) is -2.51. The molecule has 0 aliphatic rings. The van der Waals surface area contributed by atoms with Crippen LogP contribution < -0.4 is 15.7 Å². The van der Waals surface area contributed by atoms with Crippen molar-refractivity contribution in [2.75, 3.05) is 35.5 Å². The largest absolute Gasteiger partial charge is 0.478 e. The molecular weight excluding hydrogens is 841 g/mol. The molecule has 7 N–H and O–H groups in total. The maximum atomic E-state index is 12.2. The zero-order valence-corrected chi connectivity index (χ0v) is 33.0. The first-order valence-corrected chi connectivity index (χ1v) is 20.4. The van der Waals surface area contributed by atoms with E-state index in [4.69, 9.17) is 4.84 Å². The molecule has 0 saturated carbocycles. The van der Waals surface area contributed by atoms with E-state index in [1.807, 2.05) is 0 Å². The number of nitrogens with zero attached hydrogens (tertiary/aromatic N) is 8. The summed E-state index contributed by atoms with van der Waals surface area (Å²) in [6.07, 6.45) is 0. The van der Waals surface area contributed by atoms with E-state index in [0.29, 0.717) is 17.1 Å². The van der Waals surface area contributed by atoms with Crippen LogP contribution in [0.1, 0.15) is 27.6 Å². The first-order valence-electron chi connectivity index (χ1n) is 17.5. The van der Waals surface area contributed by atoms with Gasteiger partial charge in [-0.15, -0.1) is 0 Å². The Bertz CT molecular complexity index is 2880. The SMILES string of the molecule is CCON(CCO)c1nc(Nc2ccc(N=Nc3cc(C(=O)O)cc(C(=O)O)c3)cc2)nc(Nc2ccc(N=Nc3cc(S(=O)(=O)O)c4cccc(S(=O)(=O)O)c4c3)cc2)n1. The Morgan fingerprint density at radius 2 is 1.13 bits per heavy atom. The average molecular weight is 873 g/mol. The van der Waals surface area contributed by atoms with Crippen LogP contribution in [-0.4, -0.2) is 87.9 Å². The van der Waals surface area contributed by atoms with E-state index in [0.717, 1.165) is 18.2 Å². The summed E-state index contributed by atoms with van der Waals surface area (Å²) in [4.78, 5) is 40.5. The smallest absolute Gasteiger partial charge is 0.335 e. The zero-order valence-electron chi connectivity index (χ0n) is 31.3. The maximum absolute atomic E-state index is 12.2. The minimum Gasteiger partial charge on any atom is -0.478 e. The molecule has 6 rings (SSSR count). The number of aromatic nitrogens is 3. The van der Waals surface area contributed by atoms with Crippen LogP contribution in [-0.2, 0) is 25.1 Å². The summed E-state index contributed by atoms with van der Waals surface area (Å²) in [6.45, 7) is 1.68. The van der Waals surface area contributed by atoms with E-state index in [9.17, 15) is 50.8 Å². The van der Waals surface area contributed by atoms with E-state index in [1.54, 1.807) is 43.3 Å². The van der Waals surface area contributed by atoms with Crippen molar-refractivity contribution in [2.24, 2.45) is 20.5 Å². The number of fused-ring (bicyclic) bond motifs is 1. The van der Waals surface area contributed by atoms with Gasteiger partial charge < -0.3 is 26.0 Å². The Morgan fingerprint density at radius 3 is 1.59 bits per heavy atom. The predicted octanol–water partition coefficient (Wildman–Crippen LogP) is 6.98. The van der Waals surface area contributed by atoms with Crippen molar-refractivity contribution in [1.29, 1.82) is 0 Å². The topological polar surface area (TPSA) is 328 Å². The van der Waals surface area contributed by atoms with Gasteiger partial charge in [0.1, 0.15) is 9.79 Å². The molecule has 6 aromatic rings. The third-order valence-corrected chi connectivity index (χ3v) is 9.92. The van der Waals surface area contributed by atoms with Gasteiger partial charge >= 0.3 is 11.9 Å². The molecule has 22 nitrogen and oxygen atoms in total. The second kappa shape index (κ2) is 18.3. The van der Waals surface area contributed by atoms with Gasteiger partial charge in [0.25, 0.3) is 26.2 Å². The van der Waals surface area contributed by atoms with Gasteiger partial charge in [0, 0.05) is 22.1 Å². The lowest BCUT2D eigenvalue weighted by Gasteiger charge is -2.21. The molecule has 0 unspecified atom stereocenters. The lowest BCUT2D eigenvalue weighted by atomic mass is 10.1. The number of nitrogens with one attached hydrogen (secondary N) is 2. The minimum absolute atomic E-state index is 0.0134. The van der Waals surface area contributed by atoms with Gasteiger partial charge in [-0.25, -0.2) is 14.7 Å². The van der Waals surface area contributed by atoms with Crippen LogP contribution in [0.2, 0.25) is 0 Å². The summed E-state index contributed by atoms with van der Waals surface area (Å²) in [7, 11) is -9.64. The Hall–Kier alpha value is -7.35. The Kier molecular flexibility index (Phi) is 13.0. The number of carboxylic acid groups (broad SMARTS) is 2. The molecule has 0 fully saturated rings. The van der Waals surface area contributed by atoms with Crippen molar-refractivity contribution >= 4 is 94.9 Å². The van der Waals surface area contributed by atoms with Gasteiger partial charge in [0.15, 0.2) is 0 Å². The van der Waals surface area contributed by atoms with Crippen molar-refractivity contribution in [1.82, 2.24) is 15.0 Å².